The molecule has 30 heavy (non-hydrogen) atoms. The fourth-order valence-electron chi connectivity index (χ4n) is 4.91. The zero-order chi connectivity index (χ0) is 21.5. The third-order valence-electron chi connectivity index (χ3n) is 6.56. The van der Waals surface area contributed by atoms with E-state index in [0.717, 1.165) is 58.3 Å². The Labute approximate surface area is 179 Å². The lowest BCUT2D eigenvalue weighted by atomic mass is 9.83. The Morgan fingerprint density at radius 3 is 2.37 bits per heavy atom. The molecule has 2 N–H and O–H groups in total. The Morgan fingerprint density at radius 2 is 1.67 bits per heavy atom. The number of benzene rings is 3. The predicted octanol–water partition coefficient (Wildman–Crippen LogP) is 4.17. The first-order valence-electron chi connectivity index (χ1n) is 10.9. The largest absolute Gasteiger partial charge is 0.376 e. The number of hydrogen-bond donors (Lipinski definition) is 2. The summed E-state index contributed by atoms with van der Waals surface area (Å²) in [5.74, 6) is 0. The van der Waals surface area contributed by atoms with Crippen molar-refractivity contribution < 1.29 is 10.2 Å². The third-order valence-corrected chi connectivity index (χ3v) is 6.56. The normalized spacial score (nSPS) is 20.9. The molecule has 1 heterocycles. The summed E-state index contributed by atoms with van der Waals surface area (Å²) in [6.45, 7) is 11.8. The van der Waals surface area contributed by atoms with Crippen LogP contribution < -0.4 is 4.90 Å². The van der Waals surface area contributed by atoms with E-state index in [4.69, 9.17) is 0 Å². The van der Waals surface area contributed by atoms with E-state index >= 15 is 0 Å². The highest BCUT2D eigenvalue weighted by atomic mass is 16.4. The van der Waals surface area contributed by atoms with E-state index in [0.29, 0.717) is 6.54 Å². The first kappa shape index (κ1) is 20.9. The van der Waals surface area contributed by atoms with Crippen LogP contribution in [-0.2, 0) is 5.60 Å². The van der Waals surface area contributed by atoms with Gasteiger partial charge in [0.25, 0.3) is 0 Å². The summed E-state index contributed by atoms with van der Waals surface area (Å²) in [6.07, 6.45) is -1.04. The Kier molecular flexibility index (Phi) is 5.58. The maximum atomic E-state index is 12.1. The Hall–Kier alpha value is -2.40. The Balaban J connectivity index is 1.83. The van der Waals surface area contributed by atoms with Gasteiger partial charge in [-0.05, 0) is 66.5 Å². The number of fused-ring (bicyclic) bond motifs is 2. The van der Waals surface area contributed by atoms with Crippen LogP contribution in [0.2, 0.25) is 0 Å². The summed E-state index contributed by atoms with van der Waals surface area (Å²) in [5.41, 5.74) is 3.14. The molecule has 3 aromatic carbocycles. The molecular weight excluding hydrogens is 372 g/mol. The predicted molar refractivity (Wildman–Crippen MR) is 124 cm³/mol. The Morgan fingerprint density at radius 1 is 0.967 bits per heavy atom. The van der Waals surface area contributed by atoms with Crippen molar-refractivity contribution in [2.45, 2.75) is 39.5 Å². The Bertz CT molecular complexity index is 1060. The summed E-state index contributed by atoms with van der Waals surface area (Å²) in [6, 6.07) is 18.3. The lowest BCUT2D eigenvalue weighted by molar-refractivity contribution is -0.0390. The average Bonchev–Trinajstić information content (AvgIpc) is 2.96. The molecule has 0 radical (unpaired) electrons. The van der Waals surface area contributed by atoms with Gasteiger partial charge in [-0.15, -0.1) is 0 Å². The molecule has 0 aliphatic carbocycles. The van der Waals surface area contributed by atoms with Crippen LogP contribution in [0.3, 0.4) is 0 Å². The van der Waals surface area contributed by atoms with Gasteiger partial charge in [0, 0.05) is 24.3 Å². The van der Waals surface area contributed by atoms with Gasteiger partial charge in [0.15, 0.2) is 11.8 Å². The topological polar surface area (TPSA) is 46.9 Å². The van der Waals surface area contributed by atoms with Crippen molar-refractivity contribution in [2.24, 2.45) is 0 Å². The van der Waals surface area contributed by atoms with E-state index in [-0.39, 0.29) is 0 Å². The first-order valence-corrected chi connectivity index (χ1v) is 10.9. The minimum absolute atomic E-state index is 0.661. The standard InChI is InChI=1S/C26H32N2O2/c1-5-27(6-2)13-14-28-23-16-18(3)15-19(4)24(23)26(30,25(28)29)22-12-11-20-9-7-8-10-21(20)17-22/h7-12,15-17,25,29-30H,5-6,13-14H2,1-4H3. The van der Waals surface area contributed by atoms with Gasteiger partial charge in [0.05, 0.1) is 0 Å². The molecule has 1 aliphatic heterocycles. The maximum absolute atomic E-state index is 12.1. The monoisotopic (exact) mass is 404 g/mol. The lowest BCUT2D eigenvalue weighted by Crippen LogP contribution is -2.48. The number of likely N-dealkylation sites (N-methyl/N-ethyl adjacent to an activating group) is 1. The number of anilines is 1. The van der Waals surface area contributed by atoms with E-state index in [2.05, 4.69) is 43.9 Å². The van der Waals surface area contributed by atoms with Crippen molar-refractivity contribution in [1.29, 1.82) is 0 Å². The van der Waals surface area contributed by atoms with Gasteiger partial charge in [0.1, 0.15) is 0 Å². The molecule has 3 aromatic rings. The fourth-order valence-corrected chi connectivity index (χ4v) is 4.91. The summed E-state index contributed by atoms with van der Waals surface area (Å²) >= 11 is 0. The molecule has 0 saturated carbocycles. The summed E-state index contributed by atoms with van der Waals surface area (Å²) < 4.78 is 0. The second-order valence-electron chi connectivity index (χ2n) is 8.40. The molecule has 0 amide bonds. The maximum Gasteiger partial charge on any atom is 0.164 e. The highest BCUT2D eigenvalue weighted by molar-refractivity contribution is 5.84. The van der Waals surface area contributed by atoms with Crippen molar-refractivity contribution in [3.63, 3.8) is 0 Å². The number of aryl methyl sites for hydroxylation is 2. The molecule has 2 unspecified atom stereocenters. The van der Waals surface area contributed by atoms with Gasteiger partial charge in [-0.3, -0.25) is 0 Å². The van der Waals surface area contributed by atoms with Crippen LogP contribution in [-0.4, -0.2) is 47.5 Å². The minimum Gasteiger partial charge on any atom is -0.376 e. The molecule has 2 atom stereocenters. The van der Waals surface area contributed by atoms with Gasteiger partial charge in [-0.25, -0.2) is 0 Å². The van der Waals surface area contributed by atoms with Crippen molar-refractivity contribution in [3.8, 4) is 0 Å². The molecule has 0 aromatic heterocycles. The molecule has 4 nitrogen and oxygen atoms in total. The highest BCUT2D eigenvalue weighted by Gasteiger charge is 2.51. The lowest BCUT2D eigenvalue weighted by Gasteiger charge is -2.33. The van der Waals surface area contributed by atoms with Crippen LogP contribution in [0.15, 0.2) is 54.6 Å². The quantitative estimate of drug-likeness (QED) is 0.647. The fraction of sp³-hybridized carbons (Fsp3) is 0.385. The number of aliphatic hydroxyl groups is 2. The minimum atomic E-state index is -1.47. The van der Waals surface area contributed by atoms with Crippen LogP contribution in [0.4, 0.5) is 5.69 Å². The number of aliphatic hydroxyl groups excluding tert-OH is 1. The summed E-state index contributed by atoms with van der Waals surface area (Å²) in [7, 11) is 0. The third kappa shape index (κ3) is 3.29. The zero-order valence-electron chi connectivity index (χ0n) is 18.4. The van der Waals surface area contributed by atoms with E-state index in [1.54, 1.807) is 0 Å². The molecule has 0 fully saturated rings. The van der Waals surface area contributed by atoms with Crippen molar-refractivity contribution in [3.05, 3.63) is 76.9 Å². The smallest absolute Gasteiger partial charge is 0.164 e. The molecular formula is C26H32N2O2. The zero-order valence-corrected chi connectivity index (χ0v) is 18.4. The van der Waals surface area contributed by atoms with Crippen molar-refractivity contribution >= 4 is 16.5 Å². The van der Waals surface area contributed by atoms with E-state index in [9.17, 15) is 10.2 Å². The molecule has 0 saturated heterocycles. The number of nitrogens with zero attached hydrogens (tertiary/aromatic N) is 2. The van der Waals surface area contributed by atoms with Gasteiger partial charge in [0.2, 0.25) is 0 Å². The van der Waals surface area contributed by atoms with Crippen molar-refractivity contribution in [1.82, 2.24) is 4.90 Å². The van der Waals surface area contributed by atoms with Crippen LogP contribution in [0.1, 0.15) is 36.1 Å². The molecule has 4 heteroatoms. The molecule has 0 bridgehead atoms. The molecule has 4 rings (SSSR count). The summed E-state index contributed by atoms with van der Waals surface area (Å²) in [4.78, 5) is 4.31. The number of rotatable bonds is 6. The van der Waals surface area contributed by atoms with Gasteiger partial charge >= 0.3 is 0 Å². The van der Waals surface area contributed by atoms with E-state index in [1.165, 1.54) is 0 Å². The average molecular weight is 405 g/mol. The van der Waals surface area contributed by atoms with Crippen LogP contribution in [0.5, 0.6) is 0 Å². The van der Waals surface area contributed by atoms with E-state index in [1.807, 2.05) is 48.2 Å². The molecule has 1 aliphatic rings. The second-order valence-corrected chi connectivity index (χ2v) is 8.40. The SMILES string of the molecule is CCN(CC)CCN1c2cc(C)cc(C)c2C(O)(c2ccc3ccccc3c2)C1O. The number of hydrogen-bond acceptors (Lipinski definition) is 4. The van der Waals surface area contributed by atoms with Gasteiger partial charge in [-0.1, -0.05) is 56.3 Å². The summed E-state index contributed by atoms with van der Waals surface area (Å²) in [5, 5.41) is 25.7. The van der Waals surface area contributed by atoms with Crippen LogP contribution >= 0.6 is 0 Å². The van der Waals surface area contributed by atoms with E-state index < -0.39 is 11.8 Å². The second kappa shape index (κ2) is 8.03. The van der Waals surface area contributed by atoms with Crippen LogP contribution in [0, 0.1) is 13.8 Å². The molecule has 0 spiro atoms. The highest BCUT2D eigenvalue weighted by Crippen LogP contribution is 2.49. The first-order chi connectivity index (χ1) is 14.4. The molecule has 158 valence electrons. The van der Waals surface area contributed by atoms with Crippen LogP contribution in [0.25, 0.3) is 10.8 Å². The van der Waals surface area contributed by atoms with Gasteiger partial charge < -0.3 is 20.0 Å². The van der Waals surface area contributed by atoms with Crippen molar-refractivity contribution in [2.75, 3.05) is 31.1 Å². The van der Waals surface area contributed by atoms with Gasteiger partial charge in [-0.2, -0.15) is 0 Å².